The quantitative estimate of drug-likeness (QED) is 0.244. The van der Waals surface area contributed by atoms with E-state index in [1.54, 1.807) is 15.7 Å². The fourth-order valence-electron chi connectivity index (χ4n) is 6.31. The van der Waals surface area contributed by atoms with Gasteiger partial charge >= 0.3 is 0 Å². The highest BCUT2D eigenvalue weighted by atomic mass is 32.1. The molecule has 0 radical (unpaired) electrons. The molecule has 10 heteroatoms. The molecule has 3 aromatic heterocycles. The number of likely N-dealkylation sites (tertiary alicyclic amines) is 1. The zero-order valence-electron chi connectivity index (χ0n) is 25.8. The van der Waals surface area contributed by atoms with Crippen LogP contribution in [0.5, 0.6) is 0 Å². The molecule has 0 unspecified atom stereocenters. The number of anilines is 2. The zero-order valence-corrected chi connectivity index (χ0v) is 26.6. The highest BCUT2D eigenvalue weighted by Gasteiger charge is 2.23. The van der Waals surface area contributed by atoms with Crippen molar-refractivity contribution in [1.82, 2.24) is 24.2 Å². The lowest BCUT2D eigenvalue weighted by Gasteiger charge is -2.34. The van der Waals surface area contributed by atoms with E-state index >= 15 is 0 Å². The Hall–Kier alpha value is -3.78. The second kappa shape index (κ2) is 13.2. The summed E-state index contributed by atoms with van der Waals surface area (Å²) in [5.41, 5.74) is 10.6. The molecule has 4 aromatic rings. The van der Waals surface area contributed by atoms with Crippen molar-refractivity contribution in [3.05, 3.63) is 74.8 Å². The van der Waals surface area contributed by atoms with Crippen molar-refractivity contribution in [3.63, 3.8) is 0 Å². The monoisotopic (exact) mass is 598 g/mol. The number of nitrogen functional groups attached to an aromatic ring is 1. The summed E-state index contributed by atoms with van der Waals surface area (Å²) < 4.78 is 1.79. The molecule has 0 amide bonds. The molecule has 3 N–H and O–H groups in total. The maximum Gasteiger partial charge on any atom is 0.264 e. The van der Waals surface area contributed by atoms with E-state index in [1.165, 1.54) is 31.3 Å². The number of thiazole rings is 1. The number of nitrogens with zero attached hydrogens (tertiary/aromatic N) is 6. The number of benzene rings is 1. The first-order valence-electron chi connectivity index (χ1n) is 15.1. The van der Waals surface area contributed by atoms with E-state index in [0.29, 0.717) is 17.3 Å². The standard InChI is InChI=1S/C33H42N8OS/c1-21(2)16-39(5)17-24-9-11-40(12-10-24)18-25-7-6-8-26(13-25)30-27(14-29-41(33(30)42)22(3)19-43-29)23(4)38-32-28(15-34)31(35)36-20-37-32/h6-8,13-14,19-21,23-24H,9-12,16-18H2,1-5H3,(H3,35,36,37,38)/t23-/m0/s1. The van der Waals surface area contributed by atoms with Crippen molar-refractivity contribution in [1.29, 1.82) is 5.26 Å². The Morgan fingerprint density at radius 3 is 2.70 bits per heavy atom. The molecule has 0 spiro atoms. The number of pyridine rings is 1. The maximum atomic E-state index is 14.1. The Balaban J connectivity index is 1.41. The van der Waals surface area contributed by atoms with E-state index < -0.39 is 0 Å². The van der Waals surface area contributed by atoms with Gasteiger partial charge in [-0.1, -0.05) is 32.0 Å². The Bertz CT molecular complexity index is 1680. The van der Waals surface area contributed by atoms with Gasteiger partial charge in [-0.2, -0.15) is 5.26 Å². The molecule has 1 atom stereocenters. The summed E-state index contributed by atoms with van der Waals surface area (Å²) >= 11 is 1.54. The van der Waals surface area contributed by atoms with Crippen LogP contribution >= 0.6 is 11.3 Å². The Morgan fingerprint density at radius 2 is 1.98 bits per heavy atom. The molecular formula is C33H42N8OS. The van der Waals surface area contributed by atoms with Crippen LogP contribution in [0.15, 0.2) is 46.8 Å². The summed E-state index contributed by atoms with van der Waals surface area (Å²) in [6.07, 6.45) is 3.76. The van der Waals surface area contributed by atoms with Gasteiger partial charge in [-0.3, -0.25) is 14.1 Å². The molecule has 5 rings (SSSR count). The number of hydrogen-bond acceptors (Lipinski definition) is 9. The molecule has 9 nitrogen and oxygen atoms in total. The average Bonchev–Trinajstić information content (AvgIpc) is 3.34. The van der Waals surface area contributed by atoms with Gasteiger partial charge in [-0.25, -0.2) is 9.97 Å². The molecule has 1 saturated heterocycles. The van der Waals surface area contributed by atoms with Gasteiger partial charge in [0.05, 0.1) is 11.6 Å². The molecule has 1 aliphatic rings. The van der Waals surface area contributed by atoms with Crippen LogP contribution in [0.3, 0.4) is 0 Å². The molecule has 0 aliphatic carbocycles. The van der Waals surface area contributed by atoms with Gasteiger partial charge in [0.25, 0.3) is 5.56 Å². The van der Waals surface area contributed by atoms with Crippen molar-refractivity contribution in [3.8, 4) is 17.2 Å². The van der Waals surface area contributed by atoms with Crippen LogP contribution in [0.25, 0.3) is 16.0 Å². The molecular weight excluding hydrogens is 556 g/mol. The summed E-state index contributed by atoms with van der Waals surface area (Å²) in [6, 6.07) is 12.2. The molecule has 43 heavy (non-hydrogen) atoms. The topological polar surface area (TPSA) is 116 Å². The summed E-state index contributed by atoms with van der Waals surface area (Å²) in [5.74, 6) is 1.91. The maximum absolute atomic E-state index is 14.1. The number of fused-ring (bicyclic) bond motifs is 1. The number of hydrogen-bond donors (Lipinski definition) is 2. The molecule has 1 aliphatic heterocycles. The van der Waals surface area contributed by atoms with Crippen LogP contribution in [-0.2, 0) is 6.54 Å². The second-order valence-corrected chi connectivity index (χ2v) is 13.2. The van der Waals surface area contributed by atoms with Crippen LogP contribution in [0.2, 0.25) is 0 Å². The lowest BCUT2D eigenvalue weighted by molar-refractivity contribution is 0.144. The van der Waals surface area contributed by atoms with E-state index in [2.05, 4.69) is 70.2 Å². The normalized spacial score (nSPS) is 15.3. The summed E-state index contributed by atoms with van der Waals surface area (Å²) in [5, 5.41) is 15.0. The SMILES string of the molecule is Cc1csc2cc([C@H](C)Nc3ncnc(N)c3C#N)c(-c3cccc(CN4CCC(CN(C)CC(C)C)CC4)c3)c(=O)n12. The first kappa shape index (κ1) is 30.7. The Morgan fingerprint density at radius 1 is 1.21 bits per heavy atom. The molecule has 0 saturated carbocycles. The van der Waals surface area contributed by atoms with Gasteiger partial charge in [0.15, 0.2) is 0 Å². The van der Waals surface area contributed by atoms with Crippen LogP contribution < -0.4 is 16.6 Å². The first-order valence-corrected chi connectivity index (χ1v) is 15.9. The summed E-state index contributed by atoms with van der Waals surface area (Å²) in [4.78, 5) is 28.2. The third-order valence-electron chi connectivity index (χ3n) is 8.29. The minimum Gasteiger partial charge on any atom is -0.382 e. The van der Waals surface area contributed by atoms with Gasteiger partial charge < -0.3 is 16.0 Å². The number of nitrogens with two attached hydrogens (primary N) is 1. The van der Waals surface area contributed by atoms with Gasteiger partial charge in [0, 0.05) is 30.7 Å². The third kappa shape index (κ3) is 6.90. The van der Waals surface area contributed by atoms with E-state index in [9.17, 15) is 10.1 Å². The van der Waals surface area contributed by atoms with E-state index in [-0.39, 0.29) is 23.0 Å². The van der Waals surface area contributed by atoms with E-state index in [1.807, 2.05) is 31.4 Å². The fraction of sp³-hybridized carbons (Fsp3) is 0.455. The number of nitriles is 1. The van der Waals surface area contributed by atoms with Crippen LogP contribution in [-0.4, -0.2) is 57.4 Å². The number of aromatic nitrogens is 3. The molecule has 0 bridgehead atoms. The van der Waals surface area contributed by atoms with Crippen LogP contribution in [0.4, 0.5) is 11.6 Å². The lowest BCUT2D eigenvalue weighted by Crippen LogP contribution is -2.38. The van der Waals surface area contributed by atoms with Crippen molar-refractivity contribution in [2.75, 3.05) is 44.3 Å². The highest BCUT2D eigenvalue weighted by molar-refractivity contribution is 7.15. The first-order chi connectivity index (χ1) is 20.6. The van der Waals surface area contributed by atoms with E-state index in [0.717, 1.165) is 53.7 Å². The van der Waals surface area contributed by atoms with Crippen molar-refractivity contribution in [2.45, 2.75) is 53.1 Å². The number of aryl methyl sites for hydroxylation is 1. The number of piperidine rings is 1. The van der Waals surface area contributed by atoms with Crippen LogP contribution in [0.1, 0.15) is 62.0 Å². The predicted octanol–water partition coefficient (Wildman–Crippen LogP) is 5.55. The smallest absolute Gasteiger partial charge is 0.264 e. The number of nitrogens with one attached hydrogen (secondary N) is 1. The van der Waals surface area contributed by atoms with E-state index in [4.69, 9.17) is 5.73 Å². The largest absolute Gasteiger partial charge is 0.382 e. The van der Waals surface area contributed by atoms with Crippen molar-refractivity contribution in [2.24, 2.45) is 11.8 Å². The Labute approximate surface area is 258 Å². The molecule has 1 fully saturated rings. The second-order valence-electron chi connectivity index (χ2n) is 12.3. The van der Waals surface area contributed by atoms with Crippen molar-refractivity contribution >= 4 is 27.8 Å². The molecule has 226 valence electrons. The highest BCUT2D eigenvalue weighted by Crippen LogP contribution is 2.32. The van der Waals surface area contributed by atoms with Gasteiger partial charge in [-0.15, -0.1) is 11.3 Å². The lowest BCUT2D eigenvalue weighted by atomic mass is 9.94. The number of rotatable bonds is 10. The minimum atomic E-state index is -0.326. The Kier molecular flexibility index (Phi) is 9.45. The fourth-order valence-corrected chi connectivity index (χ4v) is 7.23. The summed E-state index contributed by atoms with van der Waals surface area (Å²) in [6.45, 7) is 13.8. The van der Waals surface area contributed by atoms with Gasteiger partial charge in [-0.05, 0) is 87.5 Å². The predicted molar refractivity (Wildman–Crippen MR) is 175 cm³/mol. The summed E-state index contributed by atoms with van der Waals surface area (Å²) in [7, 11) is 2.24. The zero-order chi connectivity index (χ0) is 30.7. The molecule has 4 heterocycles. The van der Waals surface area contributed by atoms with Crippen molar-refractivity contribution < 1.29 is 0 Å². The van der Waals surface area contributed by atoms with Gasteiger partial charge in [0.1, 0.15) is 34.4 Å². The minimum absolute atomic E-state index is 0.0499. The molecule has 1 aromatic carbocycles. The average molecular weight is 599 g/mol. The third-order valence-corrected chi connectivity index (χ3v) is 9.29. The van der Waals surface area contributed by atoms with Gasteiger partial charge in [0.2, 0.25) is 0 Å². The van der Waals surface area contributed by atoms with Crippen LogP contribution in [0, 0.1) is 30.1 Å².